The van der Waals surface area contributed by atoms with Gasteiger partial charge in [0.05, 0.1) is 5.69 Å². The number of carbonyl (C=O) groups excluding carboxylic acids is 1. The summed E-state index contributed by atoms with van der Waals surface area (Å²) in [6, 6.07) is 11.0. The van der Waals surface area contributed by atoms with Crippen LogP contribution < -0.4 is 10.6 Å². The number of urea groups is 1. The number of benzene rings is 1. The van der Waals surface area contributed by atoms with Gasteiger partial charge in [0.2, 0.25) is 0 Å². The monoisotopic (exact) mass is 353 g/mol. The second-order valence-electron chi connectivity index (χ2n) is 3.73. The molecule has 2 rings (SSSR count). The number of amides is 2. The van der Waals surface area contributed by atoms with E-state index in [1.807, 2.05) is 43.3 Å². The van der Waals surface area contributed by atoms with E-state index in [2.05, 4.69) is 38.2 Å². The van der Waals surface area contributed by atoms with Crippen molar-refractivity contribution >= 4 is 40.1 Å². The summed E-state index contributed by atoms with van der Waals surface area (Å²) in [7, 11) is 0. The Morgan fingerprint density at radius 3 is 2.67 bits per heavy atom. The lowest BCUT2D eigenvalue weighted by molar-refractivity contribution is 0.262. The van der Waals surface area contributed by atoms with E-state index >= 15 is 0 Å². The van der Waals surface area contributed by atoms with Crippen LogP contribution in [0.25, 0.3) is 0 Å². The number of halogens is 1. The van der Waals surface area contributed by atoms with Crippen molar-refractivity contribution in [2.75, 3.05) is 10.6 Å². The summed E-state index contributed by atoms with van der Waals surface area (Å²) in [5.41, 5.74) is 1.71. The predicted octanol–water partition coefficient (Wildman–Crippen LogP) is 3.64. The summed E-state index contributed by atoms with van der Waals surface area (Å²) in [5.74, 6) is 0.570. The summed E-state index contributed by atoms with van der Waals surface area (Å²) < 4.78 is 0.989. The van der Waals surface area contributed by atoms with Crippen molar-refractivity contribution in [1.82, 2.24) is 4.98 Å². The normalized spacial score (nSPS) is 9.89. The van der Waals surface area contributed by atoms with Crippen molar-refractivity contribution in [1.29, 1.82) is 0 Å². The maximum absolute atomic E-state index is 11.8. The third-order valence-corrected chi connectivity index (χ3v) is 3.30. The second-order valence-corrected chi connectivity index (χ2v) is 4.89. The number of rotatable bonds is 2. The summed E-state index contributed by atoms with van der Waals surface area (Å²) >= 11 is 2.17. The summed E-state index contributed by atoms with van der Waals surface area (Å²) in [5, 5.41) is 5.51. The molecule has 0 aliphatic rings. The van der Waals surface area contributed by atoms with Crippen LogP contribution in [0, 0.1) is 10.5 Å². The number of para-hydroxylation sites is 1. The average Bonchev–Trinajstić information content (AvgIpc) is 2.35. The van der Waals surface area contributed by atoms with E-state index in [4.69, 9.17) is 0 Å². The quantitative estimate of drug-likeness (QED) is 0.810. The van der Waals surface area contributed by atoms with Crippen LogP contribution in [0.2, 0.25) is 0 Å². The fourth-order valence-corrected chi connectivity index (χ4v) is 1.96. The Kier molecular flexibility index (Phi) is 4.14. The van der Waals surface area contributed by atoms with Gasteiger partial charge in [0.25, 0.3) is 0 Å². The van der Waals surface area contributed by atoms with E-state index in [1.54, 1.807) is 6.20 Å². The molecule has 0 unspecified atom stereocenters. The first-order valence-corrected chi connectivity index (χ1v) is 6.49. The average molecular weight is 353 g/mol. The molecule has 0 saturated heterocycles. The molecule has 0 bridgehead atoms. The largest absolute Gasteiger partial charge is 0.324 e. The molecule has 2 amide bonds. The molecule has 2 N–H and O–H groups in total. The first-order chi connectivity index (χ1) is 8.66. The highest BCUT2D eigenvalue weighted by Crippen LogP contribution is 2.17. The third-order valence-electron chi connectivity index (χ3n) is 2.36. The molecule has 0 fully saturated rings. The highest BCUT2D eigenvalue weighted by atomic mass is 127. The van der Waals surface area contributed by atoms with Crippen LogP contribution in [-0.2, 0) is 0 Å². The second kappa shape index (κ2) is 5.81. The van der Waals surface area contributed by atoms with Crippen LogP contribution in [-0.4, -0.2) is 11.0 Å². The van der Waals surface area contributed by atoms with E-state index in [-0.39, 0.29) is 6.03 Å². The first-order valence-electron chi connectivity index (χ1n) is 5.41. The Labute approximate surface area is 119 Å². The molecule has 1 aromatic heterocycles. The lowest BCUT2D eigenvalue weighted by Gasteiger charge is -2.09. The molecule has 0 atom stereocenters. The Balaban J connectivity index is 2.06. The van der Waals surface area contributed by atoms with Crippen molar-refractivity contribution in [3.63, 3.8) is 0 Å². The van der Waals surface area contributed by atoms with Gasteiger partial charge in [0.15, 0.2) is 0 Å². The SMILES string of the molecule is Cc1cccnc1NC(=O)Nc1ccccc1I. The Bertz CT molecular complexity index is 522. The minimum absolute atomic E-state index is 0.291. The van der Waals surface area contributed by atoms with Gasteiger partial charge < -0.3 is 5.32 Å². The molecular weight excluding hydrogens is 341 g/mol. The molecule has 0 spiro atoms. The Morgan fingerprint density at radius 1 is 1.17 bits per heavy atom. The van der Waals surface area contributed by atoms with Gasteiger partial charge >= 0.3 is 6.03 Å². The van der Waals surface area contributed by atoms with Crippen LogP contribution in [0.15, 0.2) is 42.6 Å². The van der Waals surface area contributed by atoms with Crippen LogP contribution in [0.5, 0.6) is 0 Å². The Hall–Kier alpha value is -1.63. The van der Waals surface area contributed by atoms with Gasteiger partial charge in [-0.3, -0.25) is 5.32 Å². The maximum Gasteiger partial charge on any atom is 0.324 e. The van der Waals surface area contributed by atoms with E-state index in [9.17, 15) is 4.79 Å². The van der Waals surface area contributed by atoms with Gasteiger partial charge in [-0.25, -0.2) is 9.78 Å². The third kappa shape index (κ3) is 3.19. The van der Waals surface area contributed by atoms with Crippen molar-refractivity contribution in [2.24, 2.45) is 0 Å². The molecule has 92 valence electrons. The highest BCUT2D eigenvalue weighted by Gasteiger charge is 2.06. The first kappa shape index (κ1) is 12.8. The number of carbonyl (C=O) groups is 1. The van der Waals surface area contributed by atoms with Gasteiger partial charge in [-0.2, -0.15) is 0 Å². The minimum atomic E-state index is -0.291. The molecule has 1 aromatic carbocycles. The van der Waals surface area contributed by atoms with Crippen molar-refractivity contribution < 1.29 is 4.79 Å². The summed E-state index contributed by atoms with van der Waals surface area (Å²) in [6.45, 7) is 1.90. The molecule has 0 saturated carbocycles. The number of nitrogens with one attached hydrogen (secondary N) is 2. The van der Waals surface area contributed by atoms with Crippen molar-refractivity contribution in [3.8, 4) is 0 Å². The molecule has 5 heteroatoms. The number of anilines is 2. The summed E-state index contributed by atoms with van der Waals surface area (Å²) in [6.07, 6.45) is 1.65. The van der Waals surface area contributed by atoms with Gasteiger partial charge in [-0.15, -0.1) is 0 Å². The number of hydrogen-bond acceptors (Lipinski definition) is 2. The molecule has 1 heterocycles. The van der Waals surface area contributed by atoms with Gasteiger partial charge in [0.1, 0.15) is 5.82 Å². The maximum atomic E-state index is 11.8. The van der Waals surface area contributed by atoms with Crippen molar-refractivity contribution in [2.45, 2.75) is 6.92 Å². The molecule has 0 radical (unpaired) electrons. The molecule has 4 nitrogen and oxygen atoms in total. The topological polar surface area (TPSA) is 54.0 Å². The fourth-order valence-electron chi connectivity index (χ4n) is 1.44. The predicted molar refractivity (Wildman–Crippen MR) is 80.8 cm³/mol. The smallest absolute Gasteiger partial charge is 0.307 e. The zero-order chi connectivity index (χ0) is 13.0. The zero-order valence-corrected chi connectivity index (χ0v) is 11.9. The van der Waals surface area contributed by atoms with E-state index < -0.39 is 0 Å². The van der Waals surface area contributed by atoms with Crippen LogP contribution in [0.1, 0.15) is 5.56 Å². The molecule has 0 aliphatic carbocycles. The standard InChI is InChI=1S/C13H12IN3O/c1-9-5-4-8-15-12(9)17-13(18)16-11-7-3-2-6-10(11)14/h2-8H,1H3,(H2,15,16,17,18). The van der Waals surface area contributed by atoms with Gasteiger partial charge in [-0.05, 0) is 53.3 Å². The van der Waals surface area contributed by atoms with Crippen molar-refractivity contribution in [3.05, 3.63) is 51.7 Å². The number of aromatic nitrogens is 1. The van der Waals surface area contributed by atoms with E-state index in [0.29, 0.717) is 5.82 Å². The van der Waals surface area contributed by atoms with Crippen LogP contribution >= 0.6 is 22.6 Å². The number of pyridine rings is 1. The number of nitrogens with zero attached hydrogens (tertiary/aromatic N) is 1. The fraction of sp³-hybridized carbons (Fsp3) is 0.0769. The summed E-state index contributed by atoms with van der Waals surface area (Å²) in [4.78, 5) is 15.9. The molecule has 18 heavy (non-hydrogen) atoms. The van der Waals surface area contributed by atoms with E-state index in [0.717, 1.165) is 14.8 Å². The van der Waals surface area contributed by atoms with Gasteiger partial charge in [-0.1, -0.05) is 18.2 Å². The van der Waals surface area contributed by atoms with Gasteiger partial charge in [0, 0.05) is 9.77 Å². The Morgan fingerprint density at radius 2 is 1.94 bits per heavy atom. The molecule has 0 aliphatic heterocycles. The molecule has 2 aromatic rings. The number of aryl methyl sites for hydroxylation is 1. The van der Waals surface area contributed by atoms with E-state index in [1.165, 1.54) is 0 Å². The lowest BCUT2D eigenvalue weighted by atomic mass is 10.3. The lowest BCUT2D eigenvalue weighted by Crippen LogP contribution is -2.21. The van der Waals surface area contributed by atoms with Crippen LogP contribution in [0.3, 0.4) is 0 Å². The highest BCUT2D eigenvalue weighted by molar-refractivity contribution is 14.1. The molecular formula is C13H12IN3O. The zero-order valence-electron chi connectivity index (χ0n) is 9.77. The van der Waals surface area contributed by atoms with Crippen LogP contribution in [0.4, 0.5) is 16.3 Å². The minimum Gasteiger partial charge on any atom is -0.307 e. The number of hydrogen-bond donors (Lipinski definition) is 2.